The van der Waals surface area contributed by atoms with E-state index in [-0.39, 0.29) is 17.1 Å². The Morgan fingerprint density at radius 3 is 2.40 bits per heavy atom. The standard InChI is InChI=1S/C8H17BrN2O3S/c1-7(2)4-10-8(12)5-11(3)15(13,14)6-9/h7H,4-6H2,1-3H3,(H,10,12). The zero-order valence-corrected chi connectivity index (χ0v) is 11.6. The minimum Gasteiger partial charge on any atom is -0.355 e. The van der Waals surface area contributed by atoms with E-state index < -0.39 is 10.0 Å². The van der Waals surface area contributed by atoms with Crippen molar-refractivity contribution in [1.82, 2.24) is 9.62 Å². The normalized spacial score (nSPS) is 12.1. The van der Waals surface area contributed by atoms with Gasteiger partial charge in [0.2, 0.25) is 15.9 Å². The van der Waals surface area contributed by atoms with E-state index in [0.29, 0.717) is 12.5 Å². The number of hydrogen-bond acceptors (Lipinski definition) is 3. The van der Waals surface area contributed by atoms with E-state index in [9.17, 15) is 13.2 Å². The Labute approximate surface area is 99.4 Å². The van der Waals surface area contributed by atoms with E-state index in [4.69, 9.17) is 0 Å². The fourth-order valence-corrected chi connectivity index (χ4v) is 2.29. The highest BCUT2D eigenvalue weighted by molar-refractivity contribution is 9.10. The van der Waals surface area contributed by atoms with Crippen molar-refractivity contribution in [3.63, 3.8) is 0 Å². The van der Waals surface area contributed by atoms with Gasteiger partial charge in [-0.1, -0.05) is 29.8 Å². The summed E-state index contributed by atoms with van der Waals surface area (Å²) in [5.74, 6) is 0.0720. The van der Waals surface area contributed by atoms with Gasteiger partial charge in [0, 0.05) is 13.6 Å². The molecule has 0 aliphatic rings. The largest absolute Gasteiger partial charge is 0.355 e. The van der Waals surface area contributed by atoms with Crippen LogP contribution < -0.4 is 5.32 Å². The molecule has 0 heterocycles. The molecule has 0 fully saturated rings. The van der Waals surface area contributed by atoms with E-state index in [1.165, 1.54) is 7.05 Å². The van der Waals surface area contributed by atoms with Crippen LogP contribution in [-0.4, -0.2) is 43.4 Å². The molecule has 0 rings (SSSR count). The van der Waals surface area contributed by atoms with Gasteiger partial charge in [0.15, 0.2) is 0 Å². The SMILES string of the molecule is CC(C)CNC(=O)CN(C)S(=O)(=O)CBr. The highest BCUT2D eigenvalue weighted by Gasteiger charge is 2.18. The van der Waals surface area contributed by atoms with Crippen LogP contribution >= 0.6 is 15.9 Å². The zero-order chi connectivity index (χ0) is 12.1. The molecule has 7 heteroatoms. The quantitative estimate of drug-likeness (QED) is 0.721. The van der Waals surface area contributed by atoms with E-state index >= 15 is 0 Å². The molecule has 0 aliphatic heterocycles. The lowest BCUT2D eigenvalue weighted by atomic mass is 10.2. The Morgan fingerprint density at radius 1 is 1.47 bits per heavy atom. The molecule has 0 bridgehead atoms. The van der Waals surface area contributed by atoms with Crippen LogP contribution in [0.4, 0.5) is 0 Å². The second kappa shape index (κ2) is 6.44. The number of carbonyl (C=O) groups is 1. The van der Waals surface area contributed by atoms with Crippen molar-refractivity contribution in [2.75, 3.05) is 24.8 Å². The summed E-state index contributed by atoms with van der Waals surface area (Å²) in [5, 5.41) is 2.65. The highest BCUT2D eigenvalue weighted by atomic mass is 79.9. The van der Waals surface area contributed by atoms with Gasteiger partial charge in [-0.2, -0.15) is 4.31 Å². The molecule has 0 aromatic rings. The topological polar surface area (TPSA) is 66.5 Å². The minimum atomic E-state index is -3.34. The number of nitrogens with one attached hydrogen (secondary N) is 1. The van der Waals surface area contributed by atoms with Gasteiger partial charge in [0.1, 0.15) is 4.66 Å². The van der Waals surface area contributed by atoms with Gasteiger partial charge in [-0.3, -0.25) is 4.79 Å². The summed E-state index contributed by atoms with van der Waals surface area (Å²) in [7, 11) is -1.96. The van der Waals surface area contributed by atoms with Gasteiger partial charge in [-0.05, 0) is 5.92 Å². The number of amides is 1. The summed E-state index contributed by atoms with van der Waals surface area (Å²) in [6.45, 7) is 4.36. The molecular formula is C8H17BrN2O3S. The predicted octanol–water partition coefficient (Wildman–Crippen LogP) is 0.373. The number of carbonyl (C=O) groups excluding carboxylic acids is 1. The monoisotopic (exact) mass is 300 g/mol. The van der Waals surface area contributed by atoms with Gasteiger partial charge < -0.3 is 5.32 Å². The minimum absolute atomic E-state index is 0.138. The Kier molecular flexibility index (Phi) is 6.38. The molecule has 0 aromatic carbocycles. The van der Waals surface area contributed by atoms with Crippen molar-refractivity contribution in [2.24, 2.45) is 5.92 Å². The fraction of sp³-hybridized carbons (Fsp3) is 0.875. The van der Waals surface area contributed by atoms with Crippen molar-refractivity contribution in [3.8, 4) is 0 Å². The summed E-state index contributed by atoms with van der Waals surface area (Å²) in [6, 6.07) is 0. The fourth-order valence-electron chi connectivity index (χ4n) is 0.758. The molecule has 0 spiro atoms. The Balaban J connectivity index is 4.08. The third kappa shape index (κ3) is 6.11. The molecule has 15 heavy (non-hydrogen) atoms. The molecule has 5 nitrogen and oxygen atoms in total. The van der Waals surface area contributed by atoms with Crippen LogP contribution in [0.3, 0.4) is 0 Å². The van der Waals surface area contributed by atoms with Crippen LogP contribution in [0.1, 0.15) is 13.8 Å². The first-order chi connectivity index (χ1) is 6.79. The molecule has 0 radical (unpaired) electrons. The van der Waals surface area contributed by atoms with Gasteiger partial charge in [-0.25, -0.2) is 8.42 Å². The smallest absolute Gasteiger partial charge is 0.235 e. The highest BCUT2D eigenvalue weighted by Crippen LogP contribution is 2.01. The maximum Gasteiger partial charge on any atom is 0.235 e. The molecule has 0 atom stereocenters. The van der Waals surface area contributed by atoms with Crippen LogP contribution in [0.5, 0.6) is 0 Å². The molecule has 0 aliphatic carbocycles. The van der Waals surface area contributed by atoms with Crippen molar-refractivity contribution >= 4 is 31.9 Å². The first-order valence-electron chi connectivity index (χ1n) is 4.56. The van der Waals surface area contributed by atoms with Gasteiger partial charge in [0.05, 0.1) is 6.54 Å². The summed E-state index contributed by atoms with van der Waals surface area (Å²) < 4.78 is 23.4. The number of hydrogen-bond donors (Lipinski definition) is 1. The van der Waals surface area contributed by atoms with Gasteiger partial charge >= 0.3 is 0 Å². The number of nitrogens with zero attached hydrogens (tertiary/aromatic N) is 1. The van der Waals surface area contributed by atoms with Crippen molar-refractivity contribution in [1.29, 1.82) is 0 Å². The van der Waals surface area contributed by atoms with Crippen molar-refractivity contribution in [3.05, 3.63) is 0 Å². The van der Waals surface area contributed by atoms with Crippen molar-refractivity contribution < 1.29 is 13.2 Å². The summed E-state index contributed by atoms with van der Waals surface area (Å²) >= 11 is 2.86. The van der Waals surface area contributed by atoms with Crippen LogP contribution in [-0.2, 0) is 14.8 Å². The molecule has 1 amide bonds. The second-order valence-electron chi connectivity index (χ2n) is 3.67. The maximum atomic E-state index is 11.3. The van der Waals surface area contributed by atoms with E-state index in [1.807, 2.05) is 13.8 Å². The lowest BCUT2D eigenvalue weighted by Crippen LogP contribution is -2.39. The number of rotatable bonds is 6. The molecular weight excluding hydrogens is 284 g/mol. The molecule has 0 unspecified atom stereocenters. The van der Waals surface area contributed by atoms with Gasteiger partial charge in [-0.15, -0.1) is 0 Å². The summed E-state index contributed by atoms with van der Waals surface area (Å²) in [4.78, 5) is 11.3. The van der Waals surface area contributed by atoms with Crippen LogP contribution in [0.2, 0.25) is 0 Å². The maximum absolute atomic E-state index is 11.3. The van der Waals surface area contributed by atoms with E-state index in [1.54, 1.807) is 0 Å². The van der Waals surface area contributed by atoms with Gasteiger partial charge in [0.25, 0.3) is 0 Å². The predicted molar refractivity (Wildman–Crippen MR) is 63.2 cm³/mol. The average molecular weight is 301 g/mol. The summed E-state index contributed by atoms with van der Waals surface area (Å²) in [5.41, 5.74) is 0. The molecule has 0 aromatic heterocycles. The van der Waals surface area contributed by atoms with E-state index in [2.05, 4.69) is 21.2 Å². The number of likely N-dealkylation sites (N-methyl/N-ethyl adjacent to an activating group) is 1. The average Bonchev–Trinajstić information content (AvgIpc) is 2.14. The van der Waals surface area contributed by atoms with Crippen LogP contribution in [0.25, 0.3) is 0 Å². The third-order valence-corrected chi connectivity index (χ3v) is 4.78. The first kappa shape index (κ1) is 14.9. The number of alkyl halides is 1. The lowest BCUT2D eigenvalue weighted by molar-refractivity contribution is -0.121. The summed E-state index contributed by atoms with van der Waals surface area (Å²) in [6.07, 6.45) is 0. The first-order valence-corrected chi connectivity index (χ1v) is 7.29. The number of sulfonamides is 1. The lowest BCUT2D eigenvalue weighted by Gasteiger charge is -2.15. The Hall–Kier alpha value is -0.140. The van der Waals surface area contributed by atoms with Crippen LogP contribution in [0.15, 0.2) is 0 Å². The molecule has 0 saturated heterocycles. The molecule has 0 saturated carbocycles. The Bertz CT molecular complexity index is 303. The third-order valence-electron chi connectivity index (χ3n) is 1.69. The molecule has 1 N–H and O–H groups in total. The second-order valence-corrected chi connectivity index (χ2v) is 7.05. The van der Waals surface area contributed by atoms with Crippen molar-refractivity contribution in [2.45, 2.75) is 13.8 Å². The van der Waals surface area contributed by atoms with E-state index in [0.717, 1.165) is 4.31 Å². The Morgan fingerprint density at radius 2 is 2.00 bits per heavy atom. The van der Waals surface area contributed by atoms with Crippen LogP contribution in [0, 0.1) is 5.92 Å². The molecule has 90 valence electrons. The number of halogens is 1. The zero-order valence-electron chi connectivity index (χ0n) is 9.16.